The highest BCUT2D eigenvalue weighted by molar-refractivity contribution is 7.99. The first-order valence-electron chi connectivity index (χ1n) is 5.99. The van der Waals surface area contributed by atoms with Crippen molar-refractivity contribution < 1.29 is 4.79 Å². The van der Waals surface area contributed by atoms with Crippen molar-refractivity contribution in [3.05, 3.63) is 28.8 Å². The van der Waals surface area contributed by atoms with Crippen LogP contribution in [0.3, 0.4) is 0 Å². The number of thioether (sulfide) groups is 1. The lowest BCUT2D eigenvalue weighted by molar-refractivity contribution is -0.116. The quantitative estimate of drug-likeness (QED) is 0.897. The largest absolute Gasteiger partial charge is 0.325 e. The van der Waals surface area contributed by atoms with Crippen LogP contribution in [0.25, 0.3) is 0 Å². The molecule has 6 heteroatoms. The number of halogens is 1. The molecule has 1 aromatic carbocycles. The third-order valence-electron chi connectivity index (χ3n) is 2.80. The first kappa shape index (κ1) is 14.2. The minimum absolute atomic E-state index is 0.0861. The van der Waals surface area contributed by atoms with Gasteiger partial charge in [-0.05, 0) is 18.2 Å². The molecule has 0 radical (unpaired) electrons. The van der Waals surface area contributed by atoms with Crippen molar-refractivity contribution in [3.63, 3.8) is 0 Å². The summed E-state index contributed by atoms with van der Waals surface area (Å²) < 4.78 is 0. The van der Waals surface area contributed by atoms with Gasteiger partial charge in [-0.25, -0.2) is 0 Å². The van der Waals surface area contributed by atoms with Gasteiger partial charge in [0, 0.05) is 30.5 Å². The zero-order valence-corrected chi connectivity index (χ0v) is 11.9. The number of nitrogens with zero attached hydrogens (tertiary/aromatic N) is 1. The fourth-order valence-electron chi connectivity index (χ4n) is 1.87. The Balaban J connectivity index is 1.96. The number of rotatable bonds is 3. The molecule has 0 aliphatic carbocycles. The van der Waals surface area contributed by atoms with E-state index in [2.05, 4.69) is 10.6 Å². The van der Waals surface area contributed by atoms with Gasteiger partial charge in [0.1, 0.15) is 0 Å². The van der Waals surface area contributed by atoms with E-state index < -0.39 is 0 Å². The lowest BCUT2D eigenvalue weighted by Gasteiger charge is -2.22. The number of benzene rings is 1. The Kier molecular flexibility index (Phi) is 5.08. The molecule has 100 valence electrons. The molecule has 1 aliphatic heterocycles. The molecule has 1 amide bonds. The summed E-state index contributed by atoms with van der Waals surface area (Å²) in [5.74, 6) is 1.95. The van der Waals surface area contributed by atoms with Crippen LogP contribution in [0.1, 0.15) is 12.0 Å². The van der Waals surface area contributed by atoms with E-state index in [0.29, 0.717) is 22.7 Å². The molecule has 1 unspecified atom stereocenters. The maximum Gasteiger partial charge on any atom is 0.226 e. The molecule has 0 aromatic heterocycles. The maximum absolute atomic E-state index is 11.9. The number of carbonyl (C=O) groups is 1. The predicted molar refractivity (Wildman–Crippen MR) is 78.5 cm³/mol. The van der Waals surface area contributed by atoms with Crippen molar-refractivity contribution >= 4 is 35.0 Å². The summed E-state index contributed by atoms with van der Waals surface area (Å²) in [4.78, 5) is 11.9. The van der Waals surface area contributed by atoms with Gasteiger partial charge in [0.25, 0.3) is 0 Å². The van der Waals surface area contributed by atoms with Crippen LogP contribution in [0.4, 0.5) is 5.69 Å². The molecule has 2 rings (SSSR count). The van der Waals surface area contributed by atoms with Gasteiger partial charge in [-0.2, -0.15) is 17.0 Å². The van der Waals surface area contributed by atoms with Gasteiger partial charge in [-0.15, -0.1) is 0 Å². The summed E-state index contributed by atoms with van der Waals surface area (Å²) in [6, 6.07) is 7.05. The number of hydrogen-bond donors (Lipinski definition) is 2. The molecule has 19 heavy (non-hydrogen) atoms. The molecule has 2 N–H and O–H groups in total. The summed E-state index contributed by atoms with van der Waals surface area (Å²) in [6.07, 6.45) is 0.417. The first-order valence-corrected chi connectivity index (χ1v) is 7.53. The van der Waals surface area contributed by atoms with Crippen LogP contribution in [0, 0.1) is 11.3 Å². The van der Waals surface area contributed by atoms with Crippen LogP contribution in [0.2, 0.25) is 5.02 Å². The Hall–Kier alpha value is -1.22. The van der Waals surface area contributed by atoms with Gasteiger partial charge < -0.3 is 10.6 Å². The Bertz CT molecular complexity index is 509. The molecule has 0 spiro atoms. The Morgan fingerprint density at radius 1 is 1.63 bits per heavy atom. The molecule has 1 saturated heterocycles. The van der Waals surface area contributed by atoms with Crippen molar-refractivity contribution in [2.75, 3.05) is 23.4 Å². The summed E-state index contributed by atoms with van der Waals surface area (Å²) in [6.45, 7) is 0.938. The van der Waals surface area contributed by atoms with Crippen LogP contribution >= 0.6 is 23.4 Å². The summed E-state index contributed by atoms with van der Waals surface area (Å²) in [5.41, 5.74) is 0.972. The monoisotopic (exact) mass is 295 g/mol. The molecule has 0 saturated carbocycles. The second-order valence-electron chi connectivity index (χ2n) is 4.28. The highest BCUT2D eigenvalue weighted by Gasteiger charge is 2.17. The highest BCUT2D eigenvalue weighted by atomic mass is 35.5. The van der Waals surface area contributed by atoms with Crippen LogP contribution in [-0.4, -0.2) is 30.0 Å². The number of hydrogen-bond acceptors (Lipinski definition) is 4. The third kappa shape index (κ3) is 4.13. The van der Waals surface area contributed by atoms with Crippen molar-refractivity contribution in [1.29, 1.82) is 5.26 Å². The number of anilines is 1. The fraction of sp³-hybridized carbons (Fsp3) is 0.385. The predicted octanol–water partition coefficient (Wildman–Crippen LogP) is 2.25. The Morgan fingerprint density at radius 2 is 2.47 bits per heavy atom. The molecule has 1 atom stereocenters. The van der Waals surface area contributed by atoms with E-state index in [1.165, 1.54) is 0 Å². The third-order valence-corrected chi connectivity index (χ3v) is 4.26. The number of amides is 1. The lowest BCUT2D eigenvalue weighted by atomic mass is 10.2. The number of nitrogens with one attached hydrogen (secondary N) is 2. The molecule has 0 bridgehead atoms. The maximum atomic E-state index is 11.9. The number of carbonyl (C=O) groups excluding carboxylic acids is 1. The number of nitriles is 1. The molecular formula is C13H14ClN3OS. The first-order chi connectivity index (χ1) is 9.19. The van der Waals surface area contributed by atoms with Crippen LogP contribution in [-0.2, 0) is 4.79 Å². The second kappa shape index (κ2) is 6.80. The normalized spacial score (nSPS) is 18.6. The standard InChI is InChI=1S/C13H14ClN3OS/c14-11-2-1-9(7-15)5-12(11)17-13(18)6-10-8-19-4-3-16-10/h1-2,5,10,16H,3-4,6,8H2,(H,17,18). The van der Waals surface area contributed by atoms with E-state index in [9.17, 15) is 4.79 Å². The average molecular weight is 296 g/mol. The van der Waals surface area contributed by atoms with E-state index >= 15 is 0 Å². The van der Waals surface area contributed by atoms with E-state index in [0.717, 1.165) is 18.1 Å². The van der Waals surface area contributed by atoms with Gasteiger partial charge >= 0.3 is 0 Å². The molecule has 1 aliphatic rings. The highest BCUT2D eigenvalue weighted by Crippen LogP contribution is 2.23. The summed E-state index contributed by atoms with van der Waals surface area (Å²) in [5, 5.41) is 15.3. The zero-order valence-electron chi connectivity index (χ0n) is 10.3. The van der Waals surface area contributed by atoms with Crippen molar-refractivity contribution in [2.24, 2.45) is 0 Å². The molecule has 1 heterocycles. The van der Waals surface area contributed by atoms with E-state index in [1.807, 2.05) is 17.8 Å². The Morgan fingerprint density at radius 3 is 3.16 bits per heavy atom. The molecule has 1 aromatic rings. The fourth-order valence-corrected chi connectivity index (χ4v) is 2.98. The van der Waals surface area contributed by atoms with E-state index in [4.69, 9.17) is 16.9 Å². The van der Waals surface area contributed by atoms with Crippen molar-refractivity contribution in [2.45, 2.75) is 12.5 Å². The van der Waals surface area contributed by atoms with Crippen molar-refractivity contribution in [3.8, 4) is 6.07 Å². The van der Waals surface area contributed by atoms with E-state index in [-0.39, 0.29) is 11.9 Å². The van der Waals surface area contributed by atoms with Gasteiger partial charge in [0.2, 0.25) is 5.91 Å². The molecule has 1 fully saturated rings. The van der Waals surface area contributed by atoms with Crippen LogP contribution < -0.4 is 10.6 Å². The molecular weight excluding hydrogens is 282 g/mol. The smallest absolute Gasteiger partial charge is 0.226 e. The average Bonchev–Trinajstić information content (AvgIpc) is 2.42. The van der Waals surface area contributed by atoms with Gasteiger partial charge in [-0.1, -0.05) is 11.6 Å². The van der Waals surface area contributed by atoms with Gasteiger partial charge in [0.15, 0.2) is 0 Å². The topological polar surface area (TPSA) is 64.9 Å². The lowest BCUT2D eigenvalue weighted by Crippen LogP contribution is -2.39. The zero-order chi connectivity index (χ0) is 13.7. The van der Waals surface area contributed by atoms with E-state index in [1.54, 1.807) is 18.2 Å². The van der Waals surface area contributed by atoms with Crippen LogP contribution in [0.5, 0.6) is 0 Å². The Labute approximate surface area is 121 Å². The second-order valence-corrected chi connectivity index (χ2v) is 5.84. The minimum Gasteiger partial charge on any atom is -0.325 e. The molecule has 4 nitrogen and oxygen atoms in total. The minimum atomic E-state index is -0.0861. The summed E-state index contributed by atoms with van der Waals surface area (Å²) >= 11 is 7.85. The van der Waals surface area contributed by atoms with Gasteiger partial charge in [0.05, 0.1) is 22.3 Å². The van der Waals surface area contributed by atoms with Crippen molar-refractivity contribution in [1.82, 2.24) is 5.32 Å². The van der Waals surface area contributed by atoms with Crippen LogP contribution in [0.15, 0.2) is 18.2 Å². The summed E-state index contributed by atoms with van der Waals surface area (Å²) in [7, 11) is 0. The van der Waals surface area contributed by atoms with Gasteiger partial charge in [-0.3, -0.25) is 4.79 Å². The SMILES string of the molecule is N#Cc1ccc(Cl)c(NC(=O)CC2CSCCN2)c1.